The highest BCUT2D eigenvalue weighted by molar-refractivity contribution is 9.10. The van der Waals surface area contributed by atoms with Gasteiger partial charge in [0.25, 0.3) is 0 Å². The molecule has 0 aliphatic heterocycles. The van der Waals surface area contributed by atoms with Crippen molar-refractivity contribution in [1.82, 2.24) is 5.32 Å². The average Bonchev–Trinajstić information content (AvgIpc) is 2.82. The van der Waals surface area contributed by atoms with Gasteiger partial charge in [0.15, 0.2) is 0 Å². The van der Waals surface area contributed by atoms with E-state index in [1.165, 1.54) is 10.4 Å². The molecule has 0 bridgehead atoms. The van der Waals surface area contributed by atoms with E-state index in [9.17, 15) is 0 Å². The van der Waals surface area contributed by atoms with Gasteiger partial charge in [-0.3, -0.25) is 0 Å². The topological polar surface area (TPSA) is 25.2 Å². The Morgan fingerprint density at radius 2 is 2.24 bits per heavy atom. The number of hydrogen-bond acceptors (Lipinski definition) is 3. The van der Waals surface area contributed by atoms with Crippen molar-refractivity contribution < 1.29 is 4.42 Å². The van der Waals surface area contributed by atoms with Crippen molar-refractivity contribution in [2.24, 2.45) is 0 Å². The molecule has 2 aromatic rings. The Kier molecular flexibility index (Phi) is 4.07. The summed E-state index contributed by atoms with van der Waals surface area (Å²) < 4.78 is 6.79. The molecule has 1 unspecified atom stereocenters. The van der Waals surface area contributed by atoms with E-state index >= 15 is 0 Å². The molecule has 0 spiro atoms. The van der Waals surface area contributed by atoms with E-state index in [-0.39, 0.29) is 6.04 Å². The summed E-state index contributed by atoms with van der Waals surface area (Å²) in [6.07, 6.45) is 0. The molecule has 0 aliphatic carbocycles. The summed E-state index contributed by atoms with van der Waals surface area (Å²) >= 11 is 5.36. The summed E-state index contributed by atoms with van der Waals surface area (Å²) in [5.74, 6) is 1.96. The van der Waals surface area contributed by atoms with Gasteiger partial charge >= 0.3 is 0 Å². The summed E-state index contributed by atoms with van der Waals surface area (Å²) in [5, 5.41) is 5.62. The summed E-state index contributed by atoms with van der Waals surface area (Å²) in [5.41, 5.74) is 1.23. The highest BCUT2D eigenvalue weighted by Crippen LogP contribution is 2.35. The van der Waals surface area contributed by atoms with E-state index in [0.29, 0.717) is 0 Å². The lowest BCUT2D eigenvalue weighted by Gasteiger charge is -2.16. The second kappa shape index (κ2) is 5.38. The predicted octanol–water partition coefficient (Wildman–Crippen LogP) is 4.42. The molecule has 2 heterocycles. The molecule has 92 valence electrons. The van der Waals surface area contributed by atoms with Gasteiger partial charge in [0.1, 0.15) is 11.5 Å². The molecule has 0 fully saturated rings. The molecule has 0 aromatic carbocycles. The van der Waals surface area contributed by atoms with Gasteiger partial charge in [-0.15, -0.1) is 11.3 Å². The predicted molar refractivity (Wildman–Crippen MR) is 75.7 cm³/mol. The Bertz CT molecular complexity index is 503. The molecule has 2 aromatic heterocycles. The van der Waals surface area contributed by atoms with Gasteiger partial charge in [0, 0.05) is 14.9 Å². The first-order valence-corrected chi connectivity index (χ1v) is 7.34. The molecule has 0 radical (unpaired) electrons. The Labute approximate surface area is 114 Å². The van der Waals surface area contributed by atoms with Gasteiger partial charge in [0.2, 0.25) is 0 Å². The van der Waals surface area contributed by atoms with Crippen LogP contribution in [0.25, 0.3) is 0 Å². The fourth-order valence-electron chi connectivity index (χ4n) is 2.00. The third kappa shape index (κ3) is 2.64. The van der Waals surface area contributed by atoms with Crippen LogP contribution >= 0.6 is 27.3 Å². The molecule has 1 N–H and O–H groups in total. The van der Waals surface area contributed by atoms with Gasteiger partial charge in [0.05, 0.1) is 6.04 Å². The first-order chi connectivity index (χ1) is 8.13. The van der Waals surface area contributed by atoms with Crippen LogP contribution in [0.15, 0.2) is 26.4 Å². The minimum absolute atomic E-state index is 0.215. The first kappa shape index (κ1) is 12.9. The number of aryl methyl sites for hydroxylation is 2. The van der Waals surface area contributed by atoms with Crippen LogP contribution in [0.2, 0.25) is 0 Å². The van der Waals surface area contributed by atoms with Crippen LogP contribution in [0.3, 0.4) is 0 Å². The van der Waals surface area contributed by atoms with Crippen LogP contribution in [0.1, 0.15) is 34.9 Å². The second-order valence-corrected chi connectivity index (χ2v) is 5.79. The lowest BCUT2D eigenvalue weighted by Crippen LogP contribution is -2.21. The van der Waals surface area contributed by atoms with Crippen LogP contribution in [-0.4, -0.2) is 6.54 Å². The number of hydrogen-bond donors (Lipinski definition) is 1. The van der Waals surface area contributed by atoms with Gasteiger partial charge in [-0.2, -0.15) is 0 Å². The van der Waals surface area contributed by atoms with Crippen molar-refractivity contribution in [2.75, 3.05) is 6.54 Å². The fraction of sp³-hybridized carbons (Fsp3) is 0.385. The van der Waals surface area contributed by atoms with Crippen LogP contribution in [0, 0.1) is 13.8 Å². The molecule has 4 heteroatoms. The zero-order valence-electron chi connectivity index (χ0n) is 10.2. The van der Waals surface area contributed by atoms with Gasteiger partial charge < -0.3 is 9.73 Å². The Morgan fingerprint density at radius 1 is 1.47 bits per heavy atom. The van der Waals surface area contributed by atoms with Crippen molar-refractivity contribution in [3.63, 3.8) is 0 Å². The quantitative estimate of drug-likeness (QED) is 0.904. The highest BCUT2D eigenvalue weighted by Gasteiger charge is 2.21. The second-order valence-electron chi connectivity index (χ2n) is 3.99. The first-order valence-electron chi connectivity index (χ1n) is 5.66. The molecule has 1 atom stereocenters. The maximum atomic E-state index is 5.63. The minimum atomic E-state index is 0.215. The summed E-state index contributed by atoms with van der Waals surface area (Å²) in [6.45, 7) is 7.06. The third-order valence-corrected chi connectivity index (χ3v) is 4.64. The van der Waals surface area contributed by atoms with Crippen LogP contribution < -0.4 is 5.32 Å². The number of nitrogens with one attached hydrogen (secondary N) is 1. The molecule has 17 heavy (non-hydrogen) atoms. The van der Waals surface area contributed by atoms with E-state index in [1.54, 1.807) is 11.3 Å². The maximum Gasteiger partial charge on any atom is 0.106 e. The Hall–Kier alpha value is -0.580. The van der Waals surface area contributed by atoms with Crippen LogP contribution in [0.4, 0.5) is 0 Å². The normalized spacial score (nSPS) is 12.9. The Balaban J connectivity index is 2.42. The average molecular weight is 314 g/mol. The van der Waals surface area contributed by atoms with Crippen molar-refractivity contribution in [2.45, 2.75) is 26.8 Å². The van der Waals surface area contributed by atoms with E-state index in [4.69, 9.17) is 4.42 Å². The van der Waals surface area contributed by atoms with Crippen molar-refractivity contribution in [3.05, 3.63) is 43.9 Å². The molecular weight excluding hydrogens is 298 g/mol. The summed E-state index contributed by atoms with van der Waals surface area (Å²) in [6, 6.07) is 4.42. The zero-order valence-corrected chi connectivity index (χ0v) is 12.6. The smallest absolute Gasteiger partial charge is 0.106 e. The maximum absolute atomic E-state index is 5.63. The van der Waals surface area contributed by atoms with Gasteiger partial charge in [-0.25, -0.2) is 0 Å². The largest absolute Gasteiger partial charge is 0.466 e. The molecular formula is C13H16BrNOS. The number of rotatable bonds is 4. The van der Waals surface area contributed by atoms with E-state index in [2.05, 4.69) is 45.7 Å². The van der Waals surface area contributed by atoms with Crippen LogP contribution in [0.5, 0.6) is 0 Å². The number of halogens is 1. The SMILES string of the molecule is CCNC(c1cc(C)oc1C)c1sccc1Br. The molecule has 0 amide bonds. The summed E-state index contributed by atoms with van der Waals surface area (Å²) in [7, 11) is 0. The molecule has 2 nitrogen and oxygen atoms in total. The Morgan fingerprint density at radius 3 is 2.71 bits per heavy atom. The highest BCUT2D eigenvalue weighted by atomic mass is 79.9. The van der Waals surface area contributed by atoms with E-state index < -0.39 is 0 Å². The standard InChI is InChI=1S/C13H16BrNOS/c1-4-15-12(13-11(14)5-6-17-13)10-7-8(2)16-9(10)3/h5-7,12,15H,4H2,1-3H3. The lowest BCUT2D eigenvalue weighted by molar-refractivity contribution is 0.495. The van der Waals surface area contributed by atoms with E-state index in [1.807, 2.05) is 13.8 Å². The minimum Gasteiger partial charge on any atom is -0.466 e. The fourth-order valence-corrected chi connectivity index (χ4v) is 3.69. The molecule has 2 rings (SSSR count). The lowest BCUT2D eigenvalue weighted by atomic mass is 10.1. The number of thiophene rings is 1. The zero-order chi connectivity index (χ0) is 12.4. The third-order valence-electron chi connectivity index (χ3n) is 2.71. The molecule has 0 saturated carbocycles. The van der Waals surface area contributed by atoms with Crippen LogP contribution in [-0.2, 0) is 0 Å². The summed E-state index contributed by atoms with van der Waals surface area (Å²) in [4.78, 5) is 1.30. The molecule has 0 aliphatic rings. The van der Waals surface area contributed by atoms with E-state index in [0.717, 1.165) is 22.5 Å². The monoisotopic (exact) mass is 313 g/mol. The van der Waals surface area contributed by atoms with Gasteiger partial charge in [-0.1, -0.05) is 6.92 Å². The molecule has 0 saturated heterocycles. The van der Waals surface area contributed by atoms with Crippen molar-refractivity contribution in [3.8, 4) is 0 Å². The van der Waals surface area contributed by atoms with Crippen molar-refractivity contribution in [1.29, 1.82) is 0 Å². The number of furan rings is 1. The van der Waals surface area contributed by atoms with Crippen molar-refractivity contribution >= 4 is 27.3 Å². The van der Waals surface area contributed by atoms with Gasteiger partial charge in [-0.05, 0) is 53.8 Å².